The minimum Gasteiger partial charge on any atom is -0.295 e. The van der Waals surface area contributed by atoms with E-state index >= 15 is 0 Å². The Morgan fingerprint density at radius 3 is 2.29 bits per heavy atom. The Balaban J connectivity index is 1.81. The summed E-state index contributed by atoms with van der Waals surface area (Å²) in [6.07, 6.45) is 8.70. The Hall–Kier alpha value is -1.37. The second-order valence-electron chi connectivity index (χ2n) is 5.24. The molecular weight excluding hydrogens is 208 g/mol. The number of ketones is 1. The molecule has 1 aromatic carbocycles. The minimum absolute atomic E-state index is 0.286. The van der Waals surface area contributed by atoms with Crippen LogP contribution in [0, 0.1) is 0 Å². The second-order valence-corrected chi connectivity index (χ2v) is 5.24. The first-order valence-corrected chi connectivity index (χ1v) is 6.67. The molecule has 2 aliphatic rings. The van der Waals surface area contributed by atoms with Crippen molar-refractivity contribution in [1.29, 1.82) is 0 Å². The van der Waals surface area contributed by atoms with Crippen LogP contribution in [0.2, 0.25) is 0 Å². The molecule has 0 N–H and O–H groups in total. The molecule has 1 fully saturated rings. The lowest BCUT2D eigenvalue weighted by Gasteiger charge is -2.26. The SMILES string of the molecule is O=C1C=C(c2ccc(C3CCC3)cc2)CCC1. The lowest BCUT2D eigenvalue weighted by atomic mass is 9.79. The maximum Gasteiger partial charge on any atom is 0.155 e. The molecule has 0 aromatic heterocycles. The first-order chi connectivity index (χ1) is 8.33. The van der Waals surface area contributed by atoms with Crippen molar-refractivity contribution in [3.63, 3.8) is 0 Å². The van der Waals surface area contributed by atoms with E-state index in [1.807, 2.05) is 6.08 Å². The van der Waals surface area contributed by atoms with Crippen molar-refractivity contribution in [2.75, 3.05) is 0 Å². The van der Waals surface area contributed by atoms with Gasteiger partial charge in [-0.3, -0.25) is 4.79 Å². The Morgan fingerprint density at radius 1 is 0.941 bits per heavy atom. The van der Waals surface area contributed by atoms with Crippen molar-refractivity contribution in [3.8, 4) is 0 Å². The molecule has 0 aliphatic heterocycles. The molecule has 1 heteroatoms. The molecule has 1 saturated carbocycles. The quantitative estimate of drug-likeness (QED) is 0.742. The van der Waals surface area contributed by atoms with Crippen LogP contribution in [0.1, 0.15) is 55.6 Å². The average molecular weight is 226 g/mol. The van der Waals surface area contributed by atoms with Gasteiger partial charge in [-0.15, -0.1) is 0 Å². The highest BCUT2D eigenvalue weighted by atomic mass is 16.1. The van der Waals surface area contributed by atoms with Gasteiger partial charge >= 0.3 is 0 Å². The molecular formula is C16H18O. The van der Waals surface area contributed by atoms with Crippen molar-refractivity contribution >= 4 is 11.4 Å². The largest absolute Gasteiger partial charge is 0.295 e. The first-order valence-electron chi connectivity index (χ1n) is 6.67. The maximum atomic E-state index is 11.4. The number of allylic oxidation sites excluding steroid dienone is 2. The highest BCUT2D eigenvalue weighted by Gasteiger charge is 2.19. The predicted molar refractivity (Wildman–Crippen MR) is 69.9 cm³/mol. The van der Waals surface area contributed by atoms with Gasteiger partial charge in [0.05, 0.1) is 0 Å². The molecule has 0 radical (unpaired) electrons. The van der Waals surface area contributed by atoms with E-state index in [-0.39, 0.29) is 5.78 Å². The fraction of sp³-hybridized carbons (Fsp3) is 0.438. The van der Waals surface area contributed by atoms with E-state index in [4.69, 9.17) is 0 Å². The number of hydrogen-bond acceptors (Lipinski definition) is 1. The summed E-state index contributed by atoms with van der Waals surface area (Å²) in [5.41, 5.74) is 3.94. The van der Waals surface area contributed by atoms with Gasteiger partial charge in [-0.25, -0.2) is 0 Å². The van der Waals surface area contributed by atoms with Gasteiger partial charge in [0.25, 0.3) is 0 Å². The molecule has 0 heterocycles. The van der Waals surface area contributed by atoms with Crippen LogP contribution in [0.5, 0.6) is 0 Å². The summed E-state index contributed by atoms with van der Waals surface area (Å²) in [6, 6.07) is 8.88. The predicted octanol–water partition coefficient (Wildman–Crippen LogP) is 4.09. The standard InChI is InChI=1S/C16H18O/c17-16-6-2-5-15(11-16)14-9-7-13(8-10-14)12-3-1-4-12/h7-12H,1-6H2. The van der Waals surface area contributed by atoms with Crippen LogP contribution in [0.25, 0.3) is 5.57 Å². The topological polar surface area (TPSA) is 17.1 Å². The van der Waals surface area contributed by atoms with Gasteiger partial charge in [0.1, 0.15) is 0 Å². The zero-order valence-corrected chi connectivity index (χ0v) is 10.1. The fourth-order valence-electron chi connectivity index (χ4n) is 2.73. The highest BCUT2D eigenvalue weighted by molar-refractivity contribution is 5.98. The fourth-order valence-corrected chi connectivity index (χ4v) is 2.73. The summed E-state index contributed by atoms with van der Waals surface area (Å²) >= 11 is 0. The van der Waals surface area contributed by atoms with Crippen LogP contribution in [0.15, 0.2) is 30.3 Å². The van der Waals surface area contributed by atoms with E-state index < -0.39 is 0 Å². The Morgan fingerprint density at radius 2 is 1.71 bits per heavy atom. The Kier molecular flexibility index (Phi) is 2.84. The second kappa shape index (κ2) is 4.48. The molecule has 3 rings (SSSR count). The van der Waals surface area contributed by atoms with Crippen molar-refractivity contribution in [2.45, 2.75) is 44.4 Å². The van der Waals surface area contributed by atoms with Crippen molar-refractivity contribution in [1.82, 2.24) is 0 Å². The van der Waals surface area contributed by atoms with Crippen LogP contribution >= 0.6 is 0 Å². The molecule has 0 amide bonds. The number of carbonyl (C=O) groups excluding carboxylic acids is 1. The van der Waals surface area contributed by atoms with Crippen LogP contribution < -0.4 is 0 Å². The molecule has 2 aliphatic carbocycles. The molecule has 17 heavy (non-hydrogen) atoms. The molecule has 0 saturated heterocycles. The van der Waals surface area contributed by atoms with Gasteiger partial charge in [0.15, 0.2) is 5.78 Å². The van der Waals surface area contributed by atoms with Gasteiger partial charge in [0.2, 0.25) is 0 Å². The lowest BCUT2D eigenvalue weighted by molar-refractivity contribution is -0.114. The van der Waals surface area contributed by atoms with E-state index in [0.717, 1.165) is 25.2 Å². The Bertz CT molecular complexity index is 449. The summed E-state index contributed by atoms with van der Waals surface area (Å²) in [6.45, 7) is 0. The van der Waals surface area contributed by atoms with Crippen molar-refractivity contribution in [3.05, 3.63) is 41.5 Å². The number of carbonyl (C=O) groups is 1. The van der Waals surface area contributed by atoms with E-state index in [1.54, 1.807) is 0 Å². The third-order valence-electron chi connectivity index (χ3n) is 4.06. The van der Waals surface area contributed by atoms with Gasteiger partial charge in [0, 0.05) is 6.42 Å². The van der Waals surface area contributed by atoms with E-state index in [9.17, 15) is 4.79 Å². The van der Waals surface area contributed by atoms with Gasteiger partial charge < -0.3 is 0 Å². The van der Waals surface area contributed by atoms with Gasteiger partial charge in [-0.05, 0) is 54.4 Å². The third-order valence-corrected chi connectivity index (χ3v) is 4.06. The van der Waals surface area contributed by atoms with Crippen LogP contribution in [-0.4, -0.2) is 5.78 Å². The summed E-state index contributed by atoms with van der Waals surface area (Å²) in [4.78, 5) is 11.4. The minimum atomic E-state index is 0.286. The number of hydrogen-bond donors (Lipinski definition) is 0. The van der Waals surface area contributed by atoms with Crippen molar-refractivity contribution < 1.29 is 4.79 Å². The molecule has 0 atom stereocenters. The van der Waals surface area contributed by atoms with Crippen molar-refractivity contribution in [2.24, 2.45) is 0 Å². The number of benzene rings is 1. The molecule has 88 valence electrons. The summed E-state index contributed by atoms with van der Waals surface area (Å²) < 4.78 is 0. The zero-order valence-electron chi connectivity index (χ0n) is 10.1. The monoisotopic (exact) mass is 226 g/mol. The Labute approximate surface area is 103 Å². The summed E-state index contributed by atoms with van der Waals surface area (Å²) in [5, 5.41) is 0. The zero-order chi connectivity index (χ0) is 11.7. The summed E-state index contributed by atoms with van der Waals surface area (Å²) in [5.74, 6) is 1.08. The maximum absolute atomic E-state index is 11.4. The van der Waals surface area contributed by atoms with E-state index in [0.29, 0.717) is 0 Å². The highest BCUT2D eigenvalue weighted by Crippen LogP contribution is 2.37. The number of rotatable bonds is 2. The molecule has 0 bridgehead atoms. The lowest BCUT2D eigenvalue weighted by Crippen LogP contribution is -2.08. The summed E-state index contributed by atoms with van der Waals surface area (Å²) in [7, 11) is 0. The van der Waals surface area contributed by atoms with Crippen LogP contribution in [0.3, 0.4) is 0 Å². The van der Waals surface area contributed by atoms with E-state index in [1.165, 1.54) is 36.0 Å². The van der Waals surface area contributed by atoms with Gasteiger partial charge in [-0.1, -0.05) is 30.7 Å². The molecule has 1 aromatic rings. The van der Waals surface area contributed by atoms with Gasteiger partial charge in [-0.2, -0.15) is 0 Å². The third kappa shape index (κ3) is 2.19. The first kappa shape index (κ1) is 10.8. The van der Waals surface area contributed by atoms with Crippen LogP contribution in [-0.2, 0) is 4.79 Å². The average Bonchev–Trinajstić information content (AvgIpc) is 2.28. The van der Waals surface area contributed by atoms with Crippen LogP contribution in [0.4, 0.5) is 0 Å². The molecule has 1 nitrogen and oxygen atoms in total. The molecule has 0 spiro atoms. The van der Waals surface area contributed by atoms with E-state index in [2.05, 4.69) is 24.3 Å². The smallest absolute Gasteiger partial charge is 0.155 e. The normalized spacial score (nSPS) is 20.9. The molecule has 0 unspecified atom stereocenters.